The maximum absolute atomic E-state index is 12.5. The molecule has 22 heavy (non-hydrogen) atoms. The maximum Gasteiger partial charge on any atom is 0.416 e. The zero-order valence-corrected chi connectivity index (χ0v) is 12.0. The van der Waals surface area contributed by atoms with Crippen LogP contribution in [0.25, 0.3) is 0 Å². The number of rotatable bonds is 6. The van der Waals surface area contributed by atoms with Gasteiger partial charge in [-0.1, -0.05) is 6.07 Å². The van der Waals surface area contributed by atoms with E-state index in [1.54, 1.807) is 0 Å². The number of carbonyl (C=O) groups excluding carboxylic acids is 2. The molecular weight excluding hydrogens is 301 g/mol. The lowest BCUT2D eigenvalue weighted by molar-refractivity contribution is -0.137. The smallest absolute Gasteiger partial charge is 0.382 e. The summed E-state index contributed by atoms with van der Waals surface area (Å²) in [5.74, 6) is -1.93. The van der Waals surface area contributed by atoms with Crippen LogP contribution in [0.2, 0.25) is 0 Å². The number of benzene rings is 1. The summed E-state index contributed by atoms with van der Waals surface area (Å²) >= 11 is 0. The van der Waals surface area contributed by atoms with Crippen molar-refractivity contribution in [3.8, 4) is 0 Å². The van der Waals surface area contributed by atoms with E-state index in [1.165, 1.54) is 6.07 Å². The van der Waals surface area contributed by atoms with Crippen molar-refractivity contribution in [1.82, 2.24) is 5.32 Å². The quantitative estimate of drug-likeness (QED) is 0.624. The first kappa shape index (κ1) is 18.0. The minimum Gasteiger partial charge on any atom is -0.382 e. The van der Waals surface area contributed by atoms with Crippen molar-refractivity contribution in [1.29, 1.82) is 0 Å². The molecule has 0 aromatic heterocycles. The number of hydrogen-bond acceptors (Lipinski definition) is 3. The molecule has 2 amide bonds. The number of anilines is 1. The van der Waals surface area contributed by atoms with Gasteiger partial charge in [-0.3, -0.25) is 9.59 Å². The average Bonchev–Trinajstić information content (AvgIpc) is 2.46. The van der Waals surface area contributed by atoms with Crippen molar-refractivity contribution < 1.29 is 27.5 Å². The third-order valence-corrected chi connectivity index (χ3v) is 2.61. The molecule has 5 nitrogen and oxygen atoms in total. The third-order valence-electron chi connectivity index (χ3n) is 2.61. The molecule has 122 valence electrons. The minimum absolute atomic E-state index is 0.0932. The van der Waals surface area contributed by atoms with Crippen LogP contribution in [0.4, 0.5) is 18.9 Å². The minimum atomic E-state index is -4.51. The van der Waals surface area contributed by atoms with E-state index in [2.05, 4.69) is 10.6 Å². The standard InChI is InChI=1S/C14H17F3N2O3/c1-2-22-8-4-7-18-12(20)13(21)19-11-6-3-5-10(9-11)14(15,16)17/h3,5-6,9H,2,4,7-8H2,1H3,(H,18,20)(H,19,21). The lowest BCUT2D eigenvalue weighted by Crippen LogP contribution is -2.36. The van der Waals surface area contributed by atoms with Crippen molar-refractivity contribution in [3.05, 3.63) is 29.8 Å². The molecule has 0 fully saturated rings. The molecule has 2 N–H and O–H groups in total. The molecule has 0 heterocycles. The van der Waals surface area contributed by atoms with E-state index < -0.39 is 23.6 Å². The summed E-state index contributed by atoms with van der Waals surface area (Å²) in [5, 5.41) is 4.48. The van der Waals surface area contributed by atoms with E-state index in [4.69, 9.17) is 4.74 Å². The van der Waals surface area contributed by atoms with Gasteiger partial charge in [0.05, 0.1) is 5.56 Å². The van der Waals surface area contributed by atoms with E-state index in [0.29, 0.717) is 19.6 Å². The van der Waals surface area contributed by atoms with Gasteiger partial charge in [0, 0.05) is 25.4 Å². The summed E-state index contributed by atoms with van der Waals surface area (Å²) < 4.78 is 42.6. The van der Waals surface area contributed by atoms with Crippen molar-refractivity contribution >= 4 is 17.5 Å². The Bertz CT molecular complexity index is 518. The van der Waals surface area contributed by atoms with Gasteiger partial charge < -0.3 is 15.4 Å². The average molecular weight is 318 g/mol. The van der Waals surface area contributed by atoms with Gasteiger partial charge in [0.1, 0.15) is 0 Å². The zero-order chi connectivity index (χ0) is 16.6. The molecule has 0 aliphatic heterocycles. The molecule has 1 aromatic carbocycles. The van der Waals surface area contributed by atoms with Gasteiger partial charge >= 0.3 is 18.0 Å². The second-order valence-corrected chi connectivity index (χ2v) is 4.34. The summed E-state index contributed by atoms with van der Waals surface area (Å²) in [6, 6.07) is 4.07. The van der Waals surface area contributed by atoms with Crippen molar-refractivity contribution in [3.63, 3.8) is 0 Å². The van der Waals surface area contributed by atoms with E-state index in [-0.39, 0.29) is 12.2 Å². The molecule has 1 rings (SSSR count). The Balaban J connectivity index is 2.49. The summed E-state index contributed by atoms with van der Waals surface area (Å²) in [5.41, 5.74) is -0.994. The molecule has 8 heteroatoms. The first-order chi connectivity index (χ1) is 10.3. The molecule has 0 aliphatic carbocycles. The SMILES string of the molecule is CCOCCCNC(=O)C(=O)Nc1cccc(C(F)(F)F)c1. The number of nitrogens with one attached hydrogen (secondary N) is 2. The summed E-state index contributed by atoms with van der Waals surface area (Å²) in [7, 11) is 0. The molecule has 0 saturated carbocycles. The first-order valence-electron chi connectivity index (χ1n) is 6.68. The van der Waals surface area contributed by atoms with Crippen LogP contribution in [0.3, 0.4) is 0 Å². The van der Waals surface area contributed by atoms with E-state index in [1.807, 2.05) is 6.92 Å². The van der Waals surface area contributed by atoms with Crippen LogP contribution >= 0.6 is 0 Å². The van der Waals surface area contributed by atoms with Crippen LogP contribution < -0.4 is 10.6 Å². The number of alkyl halides is 3. The van der Waals surface area contributed by atoms with Gasteiger partial charge in [0.15, 0.2) is 0 Å². The first-order valence-corrected chi connectivity index (χ1v) is 6.68. The number of hydrogen-bond donors (Lipinski definition) is 2. The highest BCUT2D eigenvalue weighted by atomic mass is 19.4. The van der Waals surface area contributed by atoms with Gasteiger partial charge in [0.2, 0.25) is 0 Å². The number of carbonyl (C=O) groups is 2. The summed E-state index contributed by atoms with van der Waals surface area (Å²) in [4.78, 5) is 23.0. The van der Waals surface area contributed by atoms with E-state index >= 15 is 0 Å². The van der Waals surface area contributed by atoms with Crippen molar-refractivity contribution in [2.45, 2.75) is 19.5 Å². The van der Waals surface area contributed by atoms with Crippen LogP contribution in [0.5, 0.6) is 0 Å². The van der Waals surface area contributed by atoms with Gasteiger partial charge in [-0.25, -0.2) is 0 Å². The predicted molar refractivity (Wildman–Crippen MR) is 74.2 cm³/mol. The number of ether oxygens (including phenoxy) is 1. The summed E-state index contributed by atoms with van der Waals surface area (Å²) in [6.07, 6.45) is -3.97. The fraction of sp³-hybridized carbons (Fsp3) is 0.429. The molecule has 0 radical (unpaired) electrons. The van der Waals surface area contributed by atoms with Crippen LogP contribution in [-0.4, -0.2) is 31.6 Å². The predicted octanol–water partition coefficient (Wildman–Crippen LogP) is 2.19. The van der Waals surface area contributed by atoms with E-state index in [9.17, 15) is 22.8 Å². The second-order valence-electron chi connectivity index (χ2n) is 4.34. The normalized spacial score (nSPS) is 11.1. The molecule has 0 aliphatic rings. The Labute approximate surface area is 125 Å². The van der Waals surface area contributed by atoms with Gasteiger partial charge in [-0.15, -0.1) is 0 Å². The topological polar surface area (TPSA) is 67.4 Å². The maximum atomic E-state index is 12.5. The highest BCUT2D eigenvalue weighted by Crippen LogP contribution is 2.30. The van der Waals surface area contributed by atoms with Crippen LogP contribution in [0.15, 0.2) is 24.3 Å². The lowest BCUT2D eigenvalue weighted by Gasteiger charge is -2.10. The van der Waals surface area contributed by atoms with Crippen LogP contribution in [-0.2, 0) is 20.5 Å². The van der Waals surface area contributed by atoms with Crippen LogP contribution in [0, 0.1) is 0 Å². The Morgan fingerprint density at radius 2 is 1.95 bits per heavy atom. The Morgan fingerprint density at radius 1 is 1.23 bits per heavy atom. The fourth-order valence-corrected chi connectivity index (χ4v) is 1.56. The van der Waals surface area contributed by atoms with Gasteiger partial charge in [0.25, 0.3) is 0 Å². The Hall–Kier alpha value is -2.09. The molecule has 0 bridgehead atoms. The third kappa shape index (κ3) is 6.13. The molecule has 1 aromatic rings. The monoisotopic (exact) mass is 318 g/mol. The van der Waals surface area contributed by atoms with Gasteiger partial charge in [-0.05, 0) is 31.5 Å². The highest BCUT2D eigenvalue weighted by Gasteiger charge is 2.30. The zero-order valence-electron chi connectivity index (χ0n) is 12.0. The van der Waals surface area contributed by atoms with E-state index in [0.717, 1.165) is 18.2 Å². The Morgan fingerprint density at radius 3 is 2.59 bits per heavy atom. The van der Waals surface area contributed by atoms with Gasteiger partial charge in [-0.2, -0.15) is 13.2 Å². The fourth-order valence-electron chi connectivity index (χ4n) is 1.56. The van der Waals surface area contributed by atoms with Crippen LogP contribution in [0.1, 0.15) is 18.9 Å². The molecule has 0 spiro atoms. The molecule has 0 atom stereocenters. The van der Waals surface area contributed by atoms with Crippen molar-refractivity contribution in [2.75, 3.05) is 25.1 Å². The lowest BCUT2D eigenvalue weighted by atomic mass is 10.2. The Kier molecular flexibility index (Phi) is 6.84. The number of halogens is 3. The molecule has 0 saturated heterocycles. The largest absolute Gasteiger partial charge is 0.416 e. The number of amides is 2. The highest BCUT2D eigenvalue weighted by molar-refractivity contribution is 6.39. The summed E-state index contributed by atoms with van der Waals surface area (Å²) in [6.45, 7) is 3.09. The van der Waals surface area contributed by atoms with Crippen molar-refractivity contribution in [2.24, 2.45) is 0 Å². The molecular formula is C14H17F3N2O3. The molecule has 0 unspecified atom stereocenters. The second kappa shape index (κ2) is 8.38.